The van der Waals surface area contributed by atoms with Crippen molar-refractivity contribution in [1.82, 2.24) is 9.72 Å². The summed E-state index contributed by atoms with van der Waals surface area (Å²) in [5.41, 5.74) is 2.16. The molecule has 0 aliphatic carbocycles. The van der Waals surface area contributed by atoms with E-state index in [1.807, 2.05) is 37.3 Å². The summed E-state index contributed by atoms with van der Waals surface area (Å²) in [4.78, 5) is 39.3. The van der Waals surface area contributed by atoms with Crippen molar-refractivity contribution in [3.05, 3.63) is 82.0 Å². The molecule has 2 heterocycles. The van der Waals surface area contributed by atoms with Crippen molar-refractivity contribution in [1.29, 1.82) is 0 Å². The molecule has 0 spiro atoms. The first-order valence-electron chi connectivity index (χ1n) is 10.9. The smallest absolute Gasteiger partial charge is 0.356 e. The number of aromatic nitrogens is 2. The third kappa shape index (κ3) is 4.34. The Balaban J connectivity index is 1.78. The third-order valence-electron chi connectivity index (χ3n) is 5.63. The monoisotopic (exact) mass is 459 g/mol. The fourth-order valence-corrected chi connectivity index (χ4v) is 3.86. The summed E-state index contributed by atoms with van der Waals surface area (Å²) in [6, 6.07) is 16.4. The zero-order valence-electron chi connectivity index (χ0n) is 19.4. The fraction of sp³-hybridized carbons (Fsp3) is 0.231. The average molecular weight is 460 g/mol. The van der Waals surface area contributed by atoms with Gasteiger partial charge in [-0.15, -0.1) is 0 Å². The van der Waals surface area contributed by atoms with E-state index in [1.165, 1.54) is 11.6 Å². The van der Waals surface area contributed by atoms with Gasteiger partial charge in [0.15, 0.2) is 11.9 Å². The van der Waals surface area contributed by atoms with Crippen LogP contribution in [0.4, 0.5) is 5.82 Å². The number of esters is 1. The number of ether oxygens (including phenoxy) is 1. The first kappa shape index (κ1) is 23.0. The Morgan fingerprint density at radius 2 is 1.76 bits per heavy atom. The molecular weight excluding hydrogens is 434 g/mol. The quantitative estimate of drug-likeness (QED) is 0.429. The van der Waals surface area contributed by atoms with Gasteiger partial charge in [0, 0.05) is 24.1 Å². The SMILES string of the molecule is CCC(OC(=O)c1c(-c2ccc(C)cc2)c2ccccc2c(=O)n1C)C(=O)Nc1cc(C)on1. The minimum absolute atomic E-state index is 0.0797. The van der Waals surface area contributed by atoms with Gasteiger partial charge in [-0.05, 0) is 37.3 Å². The van der Waals surface area contributed by atoms with Crippen LogP contribution in [-0.4, -0.2) is 27.7 Å². The first-order valence-corrected chi connectivity index (χ1v) is 10.9. The van der Waals surface area contributed by atoms with Gasteiger partial charge >= 0.3 is 5.97 Å². The first-order chi connectivity index (χ1) is 16.3. The van der Waals surface area contributed by atoms with Gasteiger partial charge < -0.3 is 19.1 Å². The fourth-order valence-electron chi connectivity index (χ4n) is 3.86. The van der Waals surface area contributed by atoms with Crippen LogP contribution in [-0.2, 0) is 16.6 Å². The zero-order chi connectivity index (χ0) is 24.4. The Labute approximate surface area is 196 Å². The summed E-state index contributed by atoms with van der Waals surface area (Å²) in [6.07, 6.45) is -0.854. The lowest BCUT2D eigenvalue weighted by atomic mass is 9.96. The van der Waals surface area contributed by atoms with Crippen molar-refractivity contribution < 1.29 is 18.8 Å². The van der Waals surface area contributed by atoms with Crippen LogP contribution in [0.15, 0.2) is 63.9 Å². The molecule has 0 bridgehead atoms. The van der Waals surface area contributed by atoms with E-state index >= 15 is 0 Å². The number of fused-ring (bicyclic) bond motifs is 1. The number of anilines is 1. The number of carbonyl (C=O) groups is 2. The molecule has 1 atom stereocenters. The molecule has 8 heteroatoms. The maximum Gasteiger partial charge on any atom is 0.356 e. The predicted molar refractivity (Wildman–Crippen MR) is 129 cm³/mol. The molecule has 2 aromatic heterocycles. The summed E-state index contributed by atoms with van der Waals surface area (Å²) < 4.78 is 11.9. The van der Waals surface area contributed by atoms with Crippen LogP contribution >= 0.6 is 0 Å². The van der Waals surface area contributed by atoms with E-state index in [1.54, 1.807) is 38.1 Å². The van der Waals surface area contributed by atoms with Crippen molar-refractivity contribution in [3.63, 3.8) is 0 Å². The molecule has 0 radical (unpaired) electrons. The second-order valence-corrected chi connectivity index (χ2v) is 8.11. The second kappa shape index (κ2) is 9.35. The maximum absolute atomic E-state index is 13.5. The van der Waals surface area contributed by atoms with Crippen molar-refractivity contribution in [2.45, 2.75) is 33.3 Å². The van der Waals surface area contributed by atoms with E-state index in [4.69, 9.17) is 9.26 Å². The Kier molecular flexibility index (Phi) is 6.32. The summed E-state index contributed by atoms with van der Waals surface area (Å²) in [5.74, 6) is -0.532. The highest BCUT2D eigenvalue weighted by atomic mass is 16.5. The van der Waals surface area contributed by atoms with Gasteiger partial charge in [0.25, 0.3) is 11.5 Å². The van der Waals surface area contributed by atoms with Crippen LogP contribution < -0.4 is 10.9 Å². The lowest BCUT2D eigenvalue weighted by Gasteiger charge is -2.20. The van der Waals surface area contributed by atoms with E-state index in [0.29, 0.717) is 22.1 Å². The number of benzene rings is 2. The molecular formula is C26H25N3O5. The minimum atomic E-state index is -1.09. The highest BCUT2D eigenvalue weighted by Crippen LogP contribution is 2.31. The Morgan fingerprint density at radius 1 is 1.09 bits per heavy atom. The molecule has 1 N–H and O–H groups in total. The molecule has 34 heavy (non-hydrogen) atoms. The largest absolute Gasteiger partial charge is 0.448 e. The number of rotatable bonds is 6. The van der Waals surface area contributed by atoms with Gasteiger partial charge in [-0.25, -0.2) is 4.79 Å². The summed E-state index contributed by atoms with van der Waals surface area (Å²) in [6.45, 7) is 5.40. The standard InChI is InChI=1S/C26H25N3O5/c1-5-20(24(30)27-21-14-16(3)34-28-21)33-26(32)23-22(17-12-10-15(2)11-13-17)18-8-6-7-9-19(18)25(31)29(23)4/h6-14,20H,5H2,1-4H3,(H,27,28,30). The van der Waals surface area contributed by atoms with Crippen LogP contribution in [0.1, 0.15) is 35.2 Å². The van der Waals surface area contributed by atoms with Crippen LogP contribution in [0.5, 0.6) is 0 Å². The number of nitrogens with one attached hydrogen (secondary N) is 1. The van der Waals surface area contributed by atoms with Gasteiger partial charge in [0.05, 0.1) is 0 Å². The number of hydrogen-bond acceptors (Lipinski definition) is 6. The number of amides is 1. The van der Waals surface area contributed by atoms with E-state index in [-0.39, 0.29) is 23.5 Å². The van der Waals surface area contributed by atoms with Gasteiger partial charge in [-0.3, -0.25) is 9.59 Å². The summed E-state index contributed by atoms with van der Waals surface area (Å²) in [5, 5.41) is 7.45. The van der Waals surface area contributed by atoms with E-state index in [9.17, 15) is 14.4 Å². The van der Waals surface area contributed by atoms with E-state index in [0.717, 1.165) is 11.1 Å². The normalized spacial score (nSPS) is 11.9. The molecule has 1 amide bonds. The number of nitrogens with zero attached hydrogens (tertiary/aromatic N) is 2. The molecule has 4 rings (SSSR count). The van der Waals surface area contributed by atoms with Gasteiger partial charge in [0.1, 0.15) is 11.5 Å². The van der Waals surface area contributed by atoms with E-state index in [2.05, 4.69) is 10.5 Å². The predicted octanol–water partition coefficient (Wildman–Crippen LogP) is 4.38. The summed E-state index contributed by atoms with van der Waals surface area (Å²) in [7, 11) is 1.53. The van der Waals surface area contributed by atoms with Crippen LogP contribution in [0.3, 0.4) is 0 Å². The highest BCUT2D eigenvalue weighted by Gasteiger charge is 2.28. The Morgan fingerprint density at radius 3 is 2.38 bits per heavy atom. The molecule has 8 nitrogen and oxygen atoms in total. The third-order valence-corrected chi connectivity index (χ3v) is 5.63. The molecule has 1 unspecified atom stereocenters. The number of hydrogen-bond donors (Lipinski definition) is 1. The highest BCUT2D eigenvalue weighted by molar-refractivity contribution is 6.07. The van der Waals surface area contributed by atoms with Gasteiger partial charge in [-0.2, -0.15) is 0 Å². The second-order valence-electron chi connectivity index (χ2n) is 8.11. The van der Waals surface area contributed by atoms with Crippen LogP contribution in [0, 0.1) is 13.8 Å². The van der Waals surface area contributed by atoms with Crippen LogP contribution in [0.25, 0.3) is 21.9 Å². The minimum Gasteiger partial charge on any atom is -0.448 e. The van der Waals surface area contributed by atoms with Crippen molar-refractivity contribution >= 4 is 28.5 Å². The van der Waals surface area contributed by atoms with Gasteiger partial charge in [-0.1, -0.05) is 60.1 Å². The maximum atomic E-state index is 13.5. The molecule has 0 fully saturated rings. The van der Waals surface area contributed by atoms with Crippen molar-refractivity contribution in [2.75, 3.05) is 5.32 Å². The zero-order valence-corrected chi connectivity index (χ0v) is 19.4. The molecule has 0 aliphatic heterocycles. The molecule has 174 valence electrons. The number of pyridine rings is 1. The van der Waals surface area contributed by atoms with Gasteiger partial charge in [0.2, 0.25) is 0 Å². The van der Waals surface area contributed by atoms with Crippen molar-refractivity contribution in [3.8, 4) is 11.1 Å². The molecule has 4 aromatic rings. The van der Waals surface area contributed by atoms with Crippen molar-refractivity contribution in [2.24, 2.45) is 7.05 Å². The summed E-state index contributed by atoms with van der Waals surface area (Å²) >= 11 is 0. The molecule has 2 aromatic carbocycles. The number of carbonyl (C=O) groups excluding carboxylic acids is 2. The Bertz CT molecular complexity index is 1430. The number of aryl methyl sites for hydroxylation is 2. The topological polar surface area (TPSA) is 103 Å². The lowest BCUT2D eigenvalue weighted by Crippen LogP contribution is -2.34. The Hall–Kier alpha value is -4.20. The molecule has 0 saturated heterocycles. The van der Waals surface area contributed by atoms with E-state index < -0.39 is 18.0 Å². The molecule has 0 saturated carbocycles. The lowest BCUT2D eigenvalue weighted by molar-refractivity contribution is -0.124. The molecule has 0 aliphatic rings. The average Bonchev–Trinajstić information content (AvgIpc) is 3.24. The van der Waals surface area contributed by atoms with Crippen LogP contribution in [0.2, 0.25) is 0 Å².